The lowest BCUT2D eigenvalue weighted by atomic mass is 10.0. The fourth-order valence-corrected chi connectivity index (χ4v) is 3.10. The number of allylic oxidation sites excluding steroid dienone is 2. The Kier molecular flexibility index (Phi) is 6.49. The minimum Gasteiger partial charge on any atom is -0.300 e. The molecule has 0 amide bonds. The molecule has 2 nitrogen and oxygen atoms in total. The maximum absolute atomic E-state index is 4.46. The van der Waals surface area contributed by atoms with E-state index in [2.05, 4.69) is 28.3 Å². The van der Waals surface area contributed by atoms with E-state index < -0.39 is 0 Å². The molecule has 102 valence electrons. The van der Waals surface area contributed by atoms with E-state index in [1.165, 1.54) is 70.9 Å². The lowest BCUT2D eigenvalue weighted by Gasteiger charge is -2.31. The van der Waals surface area contributed by atoms with Gasteiger partial charge in [0.05, 0.1) is 0 Å². The quantitative estimate of drug-likeness (QED) is 0.644. The lowest BCUT2D eigenvalue weighted by Crippen LogP contribution is -2.37. The molecule has 2 heteroatoms. The van der Waals surface area contributed by atoms with Crippen LogP contribution in [0.1, 0.15) is 57.8 Å². The standard InChI is InChI=1S/C16H28N2/c1-2-4-6-11-16(10-5-3-1)18-14-8-7-12-17-13-9-15-18/h1-2,12,16H,3-11,13-15H2/b2-1-,17-12+. The van der Waals surface area contributed by atoms with Gasteiger partial charge in [0.2, 0.25) is 0 Å². The highest BCUT2D eigenvalue weighted by atomic mass is 15.1. The second kappa shape index (κ2) is 8.47. The molecule has 0 N–H and O–H groups in total. The van der Waals surface area contributed by atoms with Gasteiger partial charge in [-0.1, -0.05) is 12.2 Å². The van der Waals surface area contributed by atoms with Gasteiger partial charge in [0.25, 0.3) is 0 Å². The highest BCUT2D eigenvalue weighted by molar-refractivity contribution is 5.56. The van der Waals surface area contributed by atoms with Crippen molar-refractivity contribution in [3.8, 4) is 0 Å². The summed E-state index contributed by atoms with van der Waals surface area (Å²) in [5, 5.41) is 0. The van der Waals surface area contributed by atoms with Crippen molar-refractivity contribution in [2.45, 2.75) is 63.8 Å². The van der Waals surface area contributed by atoms with Crippen molar-refractivity contribution >= 4 is 6.21 Å². The molecule has 0 unspecified atom stereocenters. The van der Waals surface area contributed by atoms with Crippen molar-refractivity contribution < 1.29 is 0 Å². The van der Waals surface area contributed by atoms with Crippen molar-refractivity contribution in [3.05, 3.63) is 12.2 Å². The molecule has 0 radical (unpaired) electrons. The van der Waals surface area contributed by atoms with Crippen LogP contribution in [0.3, 0.4) is 0 Å². The van der Waals surface area contributed by atoms with Crippen molar-refractivity contribution in [3.63, 3.8) is 0 Å². The number of hydrogen-bond acceptors (Lipinski definition) is 2. The summed E-state index contributed by atoms with van der Waals surface area (Å²) >= 11 is 0. The van der Waals surface area contributed by atoms with Gasteiger partial charge in [-0.3, -0.25) is 4.99 Å². The van der Waals surface area contributed by atoms with Crippen LogP contribution in [0.4, 0.5) is 0 Å². The van der Waals surface area contributed by atoms with E-state index in [-0.39, 0.29) is 0 Å². The van der Waals surface area contributed by atoms with E-state index in [0.717, 1.165) is 12.6 Å². The van der Waals surface area contributed by atoms with Gasteiger partial charge in [-0.05, 0) is 70.5 Å². The number of hydrogen-bond donors (Lipinski definition) is 0. The average molecular weight is 248 g/mol. The third-order valence-corrected chi connectivity index (χ3v) is 4.14. The normalized spacial score (nSPS) is 29.1. The van der Waals surface area contributed by atoms with Gasteiger partial charge < -0.3 is 4.90 Å². The summed E-state index contributed by atoms with van der Waals surface area (Å²) in [4.78, 5) is 7.22. The van der Waals surface area contributed by atoms with Crippen LogP contribution in [0.15, 0.2) is 17.1 Å². The van der Waals surface area contributed by atoms with Gasteiger partial charge in [-0.2, -0.15) is 0 Å². The highest BCUT2D eigenvalue weighted by Crippen LogP contribution is 2.19. The molecule has 0 saturated carbocycles. The van der Waals surface area contributed by atoms with Gasteiger partial charge in [-0.25, -0.2) is 0 Å². The van der Waals surface area contributed by atoms with Crippen molar-refractivity contribution in [1.82, 2.24) is 4.90 Å². The highest BCUT2D eigenvalue weighted by Gasteiger charge is 2.17. The van der Waals surface area contributed by atoms with Crippen molar-refractivity contribution in [2.24, 2.45) is 4.99 Å². The van der Waals surface area contributed by atoms with E-state index in [1.807, 2.05) is 0 Å². The van der Waals surface area contributed by atoms with Crippen LogP contribution in [0, 0.1) is 0 Å². The molecule has 1 heterocycles. The third-order valence-electron chi connectivity index (χ3n) is 4.14. The molecular formula is C16H28N2. The van der Waals surface area contributed by atoms with Gasteiger partial charge in [-0.15, -0.1) is 0 Å². The Morgan fingerprint density at radius 2 is 1.56 bits per heavy atom. The van der Waals surface area contributed by atoms with E-state index in [0.29, 0.717) is 0 Å². The van der Waals surface area contributed by atoms with Gasteiger partial charge in [0.15, 0.2) is 0 Å². The molecule has 1 aliphatic heterocycles. The maximum Gasteiger partial charge on any atom is 0.0397 e. The molecule has 0 bridgehead atoms. The molecule has 1 aliphatic carbocycles. The summed E-state index contributed by atoms with van der Waals surface area (Å²) in [6, 6.07) is 0.836. The third kappa shape index (κ3) is 4.93. The Labute approximate surface area is 112 Å². The van der Waals surface area contributed by atoms with Crippen molar-refractivity contribution in [1.29, 1.82) is 0 Å². The summed E-state index contributed by atoms with van der Waals surface area (Å²) in [5.74, 6) is 0. The average Bonchev–Trinajstić information content (AvgIpc) is 2.61. The lowest BCUT2D eigenvalue weighted by molar-refractivity contribution is 0.172. The van der Waals surface area contributed by atoms with E-state index >= 15 is 0 Å². The summed E-state index contributed by atoms with van der Waals surface area (Å²) in [6.07, 6.45) is 18.7. The fraction of sp³-hybridized carbons (Fsp3) is 0.812. The van der Waals surface area contributed by atoms with E-state index in [9.17, 15) is 0 Å². The number of aliphatic imine (C=N–C) groups is 1. The van der Waals surface area contributed by atoms with E-state index in [4.69, 9.17) is 0 Å². The molecule has 0 fully saturated rings. The summed E-state index contributed by atoms with van der Waals surface area (Å²) in [7, 11) is 0. The first kappa shape index (κ1) is 13.8. The molecule has 0 spiro atoms. The molecule has 0 atom stereocenters. The molecule has 0 aromatic carbocycles. The zero-order chi connectivity index (χ0) is 12.5. The molecule has 0 aromatic heterocycles. The topological polar surface area (TPSA) is 15.6 Å². The number of nitrogens with zero attached hydrogens (tertiary/aromatic N) is 2. The van der Waals surface area contributed by atoms with Crippen LogP contribution < -0.4 is 0 Å². The number of rotatable bonds is 1. The Bertz CT molecular complexity index is 218. The maximum atomic E-state index is 4.46. The minimum absolute atomic E-state index is 0.836. The zero-order valence-corrected chi connectivity index (χ0v) is 11.7. The minimum atomic E-state index is 0.836. The van der Waals surface area contributed by atoms with Gasteiger partial charge in [0.1, 0.15) is 0 Å². The molecule has 2 aliphatic rings. The molecule has 18 heavy (non-hydrogen) atoms. The smallest absolute Gasteiger partial charge is 0.0397 e. The molecular weight excluding hydrogens is 220 g/mol. The molecule has 0 aromatic rings. The van der Waals surface area contributed by atoms with Gasteiger partial charge in [0, 0.05) is 19.1 Å². The Morgan fingerprint density at radius 3 is 2.33 bits per heavy atom. The van der Waals surface area contributed by atoms with Crippen LogP contribution in [0.5, 0.6) is 0 Å². The summed E-state index contributed by atoms with van der Waals surface area (Å²) in [5.41, 5.74) is 0. The Morgan fingerprint density at radius 1 is 0.833 bits per heavy atom. The zero-order valence-electron chi connectivity index (χ0n) is 11.7. The van der Waals surface area contributed by atoms with Crippen LogP contribution in [-0.4, -0.2) is 36.8 Å². The van der Waals surface area contributed by atoms with Crippen LogP contribution in [-0.2, 0) is 0 Å². The van der Waals surface area contributed by atoms with Crippen LogP contribution in [0.2, 0.25) is 0 Å². The van der Waals surface area contributed by atoms with Crippen molar-refractivity contribution in [2.75, 3.05) is 19.6 Å². The second-order valence-corrected chi connectivity index (χ2v) is 5.61. The first-order chi connectivity index (χ1) is 8.97. The predicted molar refractivity (Wildman–Crippen MR) is 79.4 cm³/mol. The SMILES string of the molecule is C1=C\CCCC(N2CCC/C=N/CCC2)CCC/1. The Balaban J connectivity index is 1.85. The monoisotopic (exact) mass is 248 g/mol. The predicted octanol–water partition coefficient (Wildman–Crippen LogP) is 3.82. The fourth-order valence-electron chi connectivity index (χ4n) is 3.10. The summed E-state index contributed by atoms with van der Waals surface area (Å²) in [6.45, 7) is 3.57. The van der Waals surface area contributed by atoms with Gasteiger partial charge >= 0.3 is 0 Å². The van der Waals surface area contributed by atoms with Crippen LogP contribution in [0.25, 0.3) is 0 Å². The van der Waals surface area contributed by atoms with E-state index in [1.54, 1.807) is 0 Å². The molecule has 0 saturated heterocycles. The first-order valence-electron chi connectivity index (χ1n) is 7.84. The molecule has 2 rings (SSSR count). The Hall–Kier alpha value is -0.630. The summed E-state index contributed by atoms with van der Waals surface area (Å²) < 4.78 is 0. The van der Waals surface area contributed by atoms with Crippen LogP contribution >= 0.6 is 0 Å². The largest absolute Gasteiger partial charge is 0.300 e. The second-order valence-electron chi connectivity index (χ2n) is 5.61. The first-order valence-corrected chi connectivity index (χ1v) is 7.84.